The summed E-state index contributed by atoms with van der Waals surface area (Å²) in [6.07, 6.45) is 3.17. The topological polar surface area (TPSA) is 41.3 Å². The number of rotatable bonds is 3. The highest BCUT2D eigenvalue weighted by Gasteiger charge is 2.32. The molecule has 3 rings (SSSR count). The van der Waals surface area contributed by atoms with Crippen molar-refractivity contribution in [3.8, 4) is 11.8 Å². The Kier molecular flexibility index (Phi) is 4.68. The van der Waals surface area contributed by atoms with E-state index in [4.69, 9.17) is 5.10 Å². The van der Waals surface area contributed by atoms with E-state index in [9.17, 15) is 5.11 Å². The predicted octanol–water partition coefficient (Wildman–Crippen LogP) is 2.67. The Morgan fingerprint density at radius 1 is 1.22 bits per heavy atom. The lowest BCUT2D eigenvalue weighted by Gasteiger charge is -2.40. The van der Waals surface area contributed by atoms with Crippen molar-refractivity contribution in [3.05, 3.63) is 48.2 Å². The maximum atomic E-state index is 10.0. The highest BCUT2D eigenvalue weighted by molar-refractivity contribution is 5.44. The van der Waals surface area contributed by atoms with Gasteiger partial charge in [0.1, 0.15) is 0 Å². The van der Waals surface area contributed by atoms with Crippen LogP contribution in [0.1, 0.15) is 32.3 Å². The van der Waals surface area contributed by atoms with Crippen molar-refractivity contribution >= 4 is 5.82 Å². The van der Waals surface area contributed by atoms with E-state index in [0.717, 1.165) is 18.8 Å². The van der Waals surface area contributed by atoms with Gasteiger partial charge in [-0.3, -0.25) is 4.68 Å². The van der Waals surface area contributed by atoms with Gasteiger partial charge in [0.05, 0.1) is 18.7 Å². The Labute approximate surface area is 137 Å². The van der Waals surface area contributed by atoms with Crippen LogP contribution in [0.3, 0.4) is 0 Å². The molecule has 1 fully saturated rings. The van der Waals surface area contributed by atoms with Crippen LogP contribution in [0.5, 0.6) is 0 Å². The van der Waals surface area contributed by atoms with Crippen LogP contribution in [0.25, 0.3) is 0 Å². The third kappa shape index (κ3) is 3.57. The Bertz CT molecular complexity index is 698. The van der Waals surface area contributed by atoms with E-state index in [0.29, 0.717) is 6.42 Å². The average Bonchev–Trinajstić information content (AvgIpc) is 2.96. The number of anilines is 1. The molecule has 0 saturated carbocycles. The number of nitrogens with zero attached hydrogens (tertiary/aromatic N) is 3. The van der Waals surface area contributed by atoms with E-state index in [1.165, 1.54) is 5.56 Å². The fourth-order valence-corrected chi connectivity index (χ4v) is 3.31. The van der Waals surface area contributed by atoms with Crippen molar-refractivity contribution in [2.75, 3.05) is 4.90 Å². The fraction of sp³-hybridized carbons (Fsp3) is 0.421. The summed E-state index contributed by atoms with van der Waals surface area (Å²) in [6.45, 7) is 4.73. The second-order valence-corrected chi connectivity index (χ2v) is 6.15. The molecule has 2 aromatic rings. The molecule has 4 heteroatoms. The number of hydrogen-bond donors (Lipinski definition) is 1. The zero-order valence-corrected chi connectivity index (χ0v) is 13.7. The van der Waals surface area contributed by atoms with E-state index in [2.05, 4.69) is 35.8 Å². The molecule has 23 heavy (non-hydrogen) atoms. The van der Waals surface area contributed by atoms with E-state index in [1.807, 2.05) is 42.1 Å². The minimum Gasteiger partial charge on any atom is -0.393 e. The van der Waals surface area contributed by atoms with Gasteiger partial charge < -0.3 is 10.0 Å². The van der Waals surface area contributed by atoms with Crippen LogP contribution in [0.15, 0.2) is 42.6 Å². The summed E-state index contributed by atoms with van der Waals surface area (Å²) < 4.78 is 1.96. The Hall–Kier alpha value is -2.25. The molecule has 3 atom stereocenters. The van der Waals surface area contributed by atoms with Gasteiger partial charge in [-0.15, -0.1) is 5.92 Å². The lowest BCUT2D eigenvalue weighted by Crippen LogP contribution is -2.49. The van der Waals surface area contributed by atoms with Gasteiger partial charge in [0.15, 0.2) is 5.82 Å². The monoisotopic (exact) mass is 309 g/mol. The summed E-state index contributed by atoms with van der Waals surface area (Å²) in [7, 11) is 0. The Morgan fingerprint density at radius 2 is 2.00 bits per heavy atom. The first-order valence-corrected chi connectivity index (χ1v) is 8.13. The highest BCUT2D eigenvalue weighted by atomic mass is 16.3. The summed E-state index contributed by atoms with van der Waals surface area (Å²) in [5.41, 5.74) is 1.23. The minimum atomic E-state index is -0.279. The molecule has 0 radical (unpaired) electrons. The van der Waals surface area contributed by atoms with Gasteiger partial charge in [-0.25, -0.2) is 0 Å². The first kappa shape index (κ1) is 15.6. The van der Waals surface area contributed by atoms with Crippen LogP contribution < -0.4 is 4.90 Å². The normalized spacial score (nSPS) is 24.1. The average molecular weight is 309 g/mol. The van der Waals surface area contributed by atoms with Crippen molar-refractivity contribution in [2.45, 2.75) is 51.4 Å². The van der Waals surface area contributed by atoms with Crippen LogP contribution in [0.4, 0.5) is 5.82 Å². The molecule has 1 saturated heterocycles. The van der Waals surface area contributed by atoms with Gasteiger partial charge in [0, 0.05) is 24.7 Å². The number of piperidine rings is 1. The van der Waals surface area contributed by atoms with Crippen molar-refractivity contribution in [3.63, 3.8) is 0 Å². The van der Waals surface area contributed by atoms with E-state index in [-0.39, 0.29) is 18.2 Å². The molecule has 1 aliphatic heterocycles. The first-order valence-electron chi connectivity index (χ1n) is 8.13. The zero-order valence-electron chi connectivity index (χ0n) is 13.7. The molecule has 2 heterocycles. The number of aliphatic hydroxyl groups excluding tert-OH is 1. The third-order valence-electron chi connectivity index (χ3n) is 4.31. The van der Waals surface area contributed by atoms with Gasteiger partial charge in [-0.1, -0.05) is 36.3 Å². The first-order chi connectivity index (χ1) is 11.2. The predicted molar refractivity (Wildman–Crippen MR) is 92.2 cm³/mol. The zero-order chi connectivity index (χ0) is 16.2. The van der Waals surface area contributed by atoms with E-state index >= 15 is 0 Å². The lowest BCUT2D eigenvalue weighted by molar-refractivity contribution is 0.122. The molecule has 0 aliphatic carbocycles. The van der Waals surface area contributed by atoms with Gasteiger partial charge in [0.25, 0.3) is 0 Å². The van der Waals surface area contributed by atoms with E-state index in [1.54, 1.807) is 0 Å². The van der Waals surface area contributed by atoms with Gasteiger partial charge >= 0.3 is 0 Å². The second kappa shape index (κ2) is 6.89. The van der Waals surface area contributed by atoms with Gasteiger partial charge in [-0.2, -0.15) is 5.10 Å². The fourth-order valence-electron chi connectivity index (χ4n) is 3.31. The summed E-state index contributed by atoms with van der Waals surface area (Å²) in [5, 5.41) is 14.8. The van der Waals surface area contributed by atoms with Gasteiger partial charge in [0.2, 0.25) is 0 Å². The number of benzene rings is 1. The highest BCUT2D eigenvalue weighted by Crippen LogP contribution is 2.28. The second-order valence-electron chi connectivity index (χ2n) is 6.15. The molecule has 1 unspecified atom stereocenters. The maximum absolute atomic E-state index is 10.0. The van der Waals surface area contributed by atoms with Gasteiger partial charge in [-0.05, 0) is 25.8 Å². The van der Waals surface area contributed by atoms with Crippen molar-refractivity contribution in [1.82, 2.24) is 9.78 Å². The summed E-state index contributed by atoms with van der Waals surface area (Å²) >= 11 is 0. The lowest BCUT2D eigenvalue weighted by atomic mass is 9.94. The maximum Gasteiger partial charge on any atom is 0.151 e. The Morgan fingerprint density at radius 3 is 2.74 bits per heavy atom. The molecule has 4 nitrogen and oxygen atoms in total. The number of hydrogen-bond acceptors (Lipinski definition) is 3. The molecular weight excluding hydrogens is 286 g/mol. The molecule has 1 aromatic carbocycles. The van der Waals surface area contributed by atoms with Crippen LogP contribution in [0.2, 0.25) is 0 Å². The minimum absolute atomic E-state index is 0.0267. The van der Waals surface area contributed by atoms with E-state index < -0.39 is 0 Å². The largest absolute Gasteiger partial charge is 0.393 e. The molecule has 1 aromatic heterocycles. The van der Waals surface area contributed by atoms with Crippen LogP contribution >= 0.6 is 0 Å². The SMILES string of the molecule is CC#C[C@@H]1CC(O)C[C@@H](C)N1c1ccn(Cc2ccccc2)n1. The quantitative estimate of drug-likeness (QED) is 0.886. The molecular formula is C19H23N3O. The van der Waals surface area contributed by atoms with Crippen molar-refractivity contribution < 1.29 is 5.11 Å². The summed E-state index contributed by atoms with van der Waals surface area (Å²) in [6, 6.07) is 12.6. The number of aliphatic hydroxyl groups is 1. The van der Waals surface area contributed by atoms with Crippen LogP contribution in [0, 0.1) is 11.8 Å². The number of aromatic nitrogens is 2. The standard InChI is InChI=1S/C19H23N3O/c1-3-7-17-13-18(23)12-15(2)22(17)19-10-11-21(20-19)14-16-8-5-4-6-9-16/h4-6,8-11,15,17-18,23H,12-14H2,1-2H3/t15-,17-,18?/m1/s1. The molecule has 0 bridgehead atoms. The summed E-state index contributed by atoms with van der Waals surface area (Å²) in [4.78, 5) is 2.24. The molecule has 1 aliphatic rings. The molecule has 1 N–H and O–H groups in total. The molecule has 120 valence electrons. The van der Waals surface area contributed by atoms with Crippen LogP contribution in [-0.2, 0) is 6.54 Å². The Balaban J connectivity index is 1.81. The van der Waals surface area contributed by atoms with Crippen molar-refractivity contribution in [1.29, 1.82) is 0 Å². The smallest absolute Gasteiger partial charge is 0.151 e. The van der Waals surface area contributed by atoms with Crippen molar-refractivity contribution in [2.24, 2.45) is 0 Å². The van der Waals surface area contributed by atoms with Crippen LogP contribution in [-0.4, -0.2) is 33.1 Å². The summed E-state index contributed by atoms with van der Waals surface area (Å²) in [5.74, 6) is 7.15. The molecule has 0 spiro atoms. The molecule has 0 amide bonds. The third-order valence-corrected chi connectivity index (χ3v) is 4.31.